The Balaban J connectivity index is 1.46. The smallest absolute Gasteiger partial charge is 0.273 e. The second kappa shape index (κ2) is 6.98. The zero-order valence-electron chi connectivity index (χ0n) is 11.8. The van der Waals surface area contributed by atoms with E-state index in [0.717, 1.165) is 6.42 Å². The number of likely N-dealkylation sites (tertiary alicyclic amines) is 1. The van der Waals surface area contributed by atoms with Crippen LogP contribution in [0.4, 0.5) is 0 Å². The van der Waals surface area contributed by atoms with Gasteiger partial charge in [-0.15, -0.1) is 0 Å². The van der Waals surface area contributed by atoms with Gasteiger partial charge in [0, 0.05) is 29.6 Å². The molecule has 5 nitrogen and oxygen atoms in total. The summed E-state index contributed by atoms with van der Waals surface area (Å²) in [6, 6.07) is 6.95. The number of hydrogen-bond acceptors (Lipinski definition) is 5. The van der Waals surface area contributed by atoms with E-state index in [-0.39, 0.29) is 18.6 Å². The minimum Gasteiger partial charge on any atom is -0.484 e. The fraction of sp³-hybridized carbons (Fsp3) is 0.333. The molecule has 1 fully saturated rings. The fourth-order valence-corrected chi connectivity index (χ4v) is 2.91. The first kappa shape index (κ1) is 15.1. The lowest BCUT2D eigenvalue weighted by atomic mass is 10.3. The van der Waals surface area contributed by atoms with Crippen molar-refractivity contribution in [1.82, 2.24) is 9.88 Å². The van der Waals surface area contributed by atoms with Crippen LogP contribution in [0.25, 0.3) is 0 Å². The summed E-state index contributed by atoms with van der Waals surface area (Å²) in [6.45, 7) is 1.27. The van der Waals surface area contributed by atoms with E-state index >= 15 is 0 Å². The third-order valence-electron chi connectivity index (χ3n) is 3.35. The van der Waals surface area contributed by atoms with Crippen LogP contribution in [0.3, 0.4) is 0 Å². The van der Waals surface area contributed by atoms with Crippen LogP contribution >= 0.6 is 22.9 Å². The molecule has 116 valence electrons. The van der Waals surface area contributed by atoms with Crippen molar-refractivity contribution in [3.05, 3.63) is 40.9 Å². The minimum absolute atomic E-state index is 0.00521. The molecular weight excluding hydrogens is 324 g/mol. The average molecular weight is 339 g/mol. The summed E-state index contributed by atoms with van der Waals surface area (Å²) in [7, 11) is 0. The molecule has 2 aromatic rings. The molecule has 0 spiro atoms. The number of nitrogens with zero attached hydrogens (tertiary/aromatic N) is 2. The van der Waals surface area contributed by atoms with E-state index in [9.17, 15) is 4.79 Å². The number of carbonyl (C=O) groups is 1. The number of amides is 1. The standard InChI is InChI=1S/C15H15ClN2O3S/c16-11-1-3-12(4-2-11)20-10-14(19)18-7-5-13(9-18)21-15-17-6-8-22-15/h1-4,6,8,13H,5,7,9-10H2. The Hall–Kier alpha value is -1.79. The quantitative estimate of drug-likeness (QED) is 0.841. The molecule has 3 rings (SSSR count). The highest BCUT2D eigenvalue weighted by atomic mass is 35.5. The Morgan fingerprint density at radius 2 is 2.23 bits per heavy atom. The van der Waals surface area contributed by atoms with E-state index in [4.69, 9.17) is 21.1 Å². The van der Waals surface area contributed by atoms with Crippen LogP contribution in [0.2, 0.25) is 5.02 Å². The van der Waals surface area contributed by atoms with Crippen molar-refractivity contribution in [2.75, 3.05) is 19.7 Å². The lowest BCUT2D eigenvalue weighted by Crippen LogP contribution is -2.34. The molecule has 7 heteroatoms. The monoisotopic (exact) mass is 338 g/mol. The highest BCUT2D eigenvalue weighted by Gasteiger charge is 2.28. The molecule has 1 unspecified atom stereocenters. The number of aromatic nitrogens is 1. The van der Waals surface area contributed by atoms with Gasteiger partial charge in [-0.05, 0) is 24.3 Å². The SMILES string of the molecule is O=C(COc1ccc(Cl)cc1)N1CCC(Oc2nccs2)C1. The second-order valence-corrected chi connectivity index (χ2v) is 6.20. The number of halogens is 1. The van der Waals surface area contributed by atoms with Crippen molar-refractivity contribution in [2.45, 2.75) is 12.5 Å². The second-order valence-electron chi connectivity index (χ2n) is 4.91. The highest BCUT2D eigenvalue weighted by Crippen LogP contribution is 2.21. The van der Waals surface area contributed by atoms with Crippen molar-refractivity contribution in [1.29, 1.82) is 0 Å². The van der Waals surface area contributed by atoms with Gasteiger partial charge in [0.25, 0.3) is 11.1 Å². The van der Waals surface area contributed by atoms with Crippen LogP contribution in [0.1, 0.15) is 6.42 Å². The summed E-state index contributed by atoms with van der Waals surface area (Å²) in [5.74, 6) is 0.590. The number of hydrogen-bond donors (Lipinski definition) is 0. The van der Waals surface area contributed by atoms with Crippen LogP contribution in [0, 0.1) is 0 Å². The number of benzene rings is 1. The Kier molecular flexibility index (Phi) is 4.80. The zero-order valence-corrected chi connectivity index (χ0v) is 13.3. The van der Waals surface area contributed by atoms with Crippen LogP contribution < -0.4 is 9.47 Å². The van der Waals surface area contributed by atoms with Gasteiger partial charge in [0.2, 0.25) is 0 Å². The van der Waals surface area contributed by atoms with Crippen molar-refractivity contribution in [3.63, 3.8) is 0 Å². The predicted octanol–water partition coefficient (Wildman–Crippen LogP) is 2.86. The molecule has 1 saturated heterocycles. The molecule has 2 heterocycles. The third kappa shape index (κ3) is 3.90. The van der Waals surface area contributed by atoms with Gasteiger partial charge in [-0.1, -0.05) is 22.9 Å². The molecule has 0 radical (unpaired) electrons. The van der Waals surface area contributed by atoms with Crippen LogP contribution in [0.5, 0.6) is 10.9 Å². The van der Waals surface area contributed by atoms with E-state index in [1.54, 1.807) is 35.4 Å². The first-order valence-corrected chi connectivity index (χ1v) is 8.19. The maximum absolute atomic E-state index is 12.1. The molecule has 22 heavy (non-hydrogen) atoms. The molecule has 1 aliphatic rings. The number of carbonyl (C=O) groups excluding carboxylic acids is 1. The predicted molar refractivity (Wildman–Crippen MR) is 84.7 cm³/mol. The van der Waals surface area contributed by atoms with Gasteiger partial charge in [0.15, 0.2) is 6.61 Å². The van der Waals surface area contributed by atoms with Gasteiger partial charge in [0.05, 0.1) is 6.54 Å². The molecule has 1 aromatic heterocycles. The van der Waals surface area contributed by atoms with E-state index in [1.807, 2.05) is 5.38 Å². The Morgan fingerprint density at radius 3 is 2.95 bits per heavy atom. The molecule has 1 aromatic carbocycles. The molecule has 0 N–H and O–H groups in total. The maximum atomic E-state index is 12.1. The van der Waals surface area contributed by atoms with Crippen molar-refractivity contribution in [3.8, 4) is 10.9 Å². The zero-order chi connectivity index (χ0) is 15.4. The van der Waals surface area contributed by atoms with Crippen LogP contribution in [-0.2, 0) is 4.79 Å². The van der Waals surface area contributed by atoms with E-state index in [1.165, 1.54) is 11.3 Å². The van der Waals surface area contributed by atoms with Crippen LogP contribution in [0.15, 0.2) is 35.8 Å². The van der Waals surface area contributed by atoms with Gasteiger partial charge < -0.3 is 14.4 Å². The van der Waals surface area contributed by atoms with Crippen molar-refractivity contribution in [2.24, 2.45) is 0 Å². The summed E-state index contributed by atoms with van der Waals surface area (Å²) in [4.78, 5) is 18.0. The van der Waals surface area contributed by atoms with E-state index < -0.39 is 0 Å². The Morgan fingerprint density at radius 1 is 1.41 bits per heavy atom. The third-order valence-corrected chi connectivity index (χ3v) is 4.26. The summed E-state index contributed by atoms with van der Waals surface area (Å²) in [5, 5.41) is 3.16. The van der Waals surface area contributed by atoms with Gasteiger partial charge in [-0.25, -0.2) is 4.98 Å². The van der Waals surface area contributed by atoms with E-state index in [0.29, 0.717) is 29.1 Å². The number of ether oxygens (including phenoxy) is 2. The largest absolute Gasteiger partial charge is 0.484 e. The number of rotatable bonds is 5. The Labute approximate surface area is 137 Å². The van der Waals surface area contributed by atoms with Gasteiger partial charge in [-0.2, -0.15) is 0 Å². The lowest BCUT2D eigenvalue weighted by molar-refractivity contribution is -0.132. The lowest BCUT2D eigenvalue weighted by Gasteiger charge is -2.16. The Bertz CT molecular complexity index is 618. The van der Waals surface area contributed by atoms with Crippen molar-refractivity contribution >= 4 is 28.8 Å². The summed E-state index contributed by atoms with van der Waals surface area (Å²) >= 11 is 7.26. The first-order valence-electron chi connectivity index (χ1n) is 6.93. The molecule has 1 amide bonds. The van der Waals surface area contributed by atoms with Crippen molar-refractivity contribution < 1.29 is 14.3 Å². The van der Waals surface area contributed by atoms with Gasteiger partial charge in [0.1, 0.15) is 11.9 Å². The summed E-state index contributed by atoms with van der Waals surface area (Å²) in [5.41, 5.74) is 0. The molecule has 0 saturated carbocycles. The average Bonchev–Trinajstić information content (AvgIpc) is 3.19. The van der Waals surface area contributed by atoms with Gasteiger partial charge >= 0.3 is 0 Å². The normalized spacial score (nSPS) is 17.5. The highest BCUT2D eigenvalue weighted by molar-refractivity contribution is 7.11. The molecule has 0 bridgehead atoms. The first-order chi connectivity index (χ1) is 10.7. The van der Waals surface area contributed by atoms with Gasteiger partial charge in [-0.3, -0.25) is 4.79 Å². The minimum atomic E-state index is -0.0415. The molecule has 0 aliphatic carbocycles. The fourth-order valence-electron chi connectivity index (χ4n) is 2.23. The molecule has 1 aliphatic heterocycles. The number of thiazole rings is 1. The summed E-state index contributed by atoms with van der Waals surface area (Å²) < 4.78 is 11.2. The molecule has 1 atom stereocenters. The maximum Gasteiger partial charge on any atom is 0.273 e. The van der Waals surface area contributed by atoms with Crippen LogP contribution in [-0.4, -0.2) is 41.6 Å². The van der Waals surface area contributed by atoms with E-state index in [2.05, 4.69) is 4.98 Å². The summed E-state index contributed by atoms with van der Waals surface area (Å²) in [6.07, 6.45) is 2.52. The molecular formula is C15H15ClN2O3S. The topological polar surface area (TPSA) is 51.7 Å².